The third-order valence-electron chi connectivity index (χ3n) is 3.63. The SMILES string of the molecule is Nc1ccc(N2CCN(C(=O)c3cncnc3)CC2)cc1. The summed E-state index contributed by atoms with van der Waals surface area (Å²) in [6.07, 6.45) is 4.54. The van der Waals surface area contributed by atoms with Gasteiger partial charge >= 0.3 is 0 Å². The van der Waals surface area contributed by atoms with E-state index in [-0.39, 0.29) is 5.91 Å². The number of benzene rings is 1. The van der Waals surface area contributed by atoms with Gasteiger partial charge < -0.3 is 15.5 Å². The molecule has 0 saturated carbocycles. The van der Waals surface area contributed by atoms with Crippen LogP contribution in [0.2, 0.25) is 0 Å². The van der Waals surface area contributed by atoms with Crippen LogP contribution >= 0.6 is 0 Å². The standard InChI is InChI=1S/C15H17N5O/c16-13-1-3-14(4-2-13)19-5-7-20(8-6-19)15(21)12-9-17-11-18-10-12/h1-4,9-11H,5-8,16H2. The van der Waals surface area contributed by atoms with Gasteiger partial charge in [0.1, 0.15) is 6.33 Å². The largest absolute Gasteiger partial charge is 0.399 e. The highest BCUT2D eigenvalue weighted by Gasteiger charge is 2.22. The average molecular weight is 283 g/mol. The van der Waals surface area contributed by atoms with Crippen molar-refractivity contribution >= 4 is 17.3 Å². The molecule has 6 nitrogen and oxygen atoms in total. The Balaban J connectivity index is 1.63. The zero-order chi connectivity index (χ0) is 14.7. The zero-order valence-corrected chi connectivity index (χ0v) is 11.6. The van der Waals surface area contributed by atoms with Gasteiger partial charge in [0.2, 0.25) is 0 Å². The zero-order valence-electron chi connectivity index (χ0n) is 11.6. The lowest BCUT2D eigenvalue weighted by Crippen LogP contribution is -2.48. The molecule has 2 heterocycles. The Bertz CT molecular complexity index is 606. The normalized spacial score (nSPS) is 15.0. The average Bonchev–Trinajstić information content (AvgIpc) is 2.56. The molecule has 1 aliphatic heterocycles. The summed E-state index contributed by atoms with van der Waals surface area (Å²) in [4.78, 5) is 24.2. The molecule has 1 amide bonds. The van der Waals surface area contributed by atoms with Crippen molar-refractivity contribution < 1.29 is 4.79 Å². The summed E-state index contributed by atoms with van der Waals surface area (Å²) in [6.45, 7) is 3.00. The van der Waals surface area contributed by atoms with Crippen molar-refractivity contribution in [2.45, 2.75) is 0 Å². The van der Waals surface area contributed by atoms with Gasteiger partial charge in [-0.15, -0.1) is 0 Å². The summed E-state index contributed by atoms with van der Waals surface area (Å²) in [7, 11) is 0. The first-order valence-corrected chi connectivity index (χ1v) is 6.89. The van der Waals surface area contributed by atoms with Gasteiger partial charge in [-0.05, 0) is 24.3 Å². The van der Waals surface area contributed by atoms with E-state index in [1.807, 2.05) is 29.2 Å². The van der Waals surface area contributed by atoms with Crippen molar-refractivity contribution in [2.75, 3.05) is 36.8 Å². The predicted octanol–water partition coefficient (Wildman–Crippen LogP) is 1.02. The molecule has 108 valence electrons. The van der Waals surface area contributed by atoms with Gasteiger partial charge in [-0.3, -0.25) is 4.79 Å². The topological polar surface area (TPSA) is 75.3 Å². The van der Waals surface area contributed by atoms with Crippen LogP contribution in [0.1, 0.15) is 10.4 Å². The van der Waals surface area contributed by atoms with Gasteiger partial charge in [0.05, 0.1) is 5.56 Å². The maximum atomic E-state index is 12.3. The Hall–Kier alpha value is -2.63. The molecule has 1 aliphatic rings. The highest BCUT2D eigenvalue weighted by Crippen LogP contribution is 2.18. The molecule has 1 saturated heterocycles. The van der Waals surface area contributed by atoms with Crippen LogP contribution in [0.3, 0.4) is 0 Å². The van der Waals surface area contributed by atoms with E-state index in [9.17, 15) is 4.79 Å². The smallest absolute Gasteiger partial charge is 0.257 e. The number of hydrogen-bond donors (Lipinski definition) is 1. The number of piperazine rings is 1. The van der Waals surface area contributed by atoms with Gasteiger partial charge in [0, 0.05) is 49.9 Å². The van der Waals surface area contributed by atoms with Crippen LogP contribution in [-0.4, -0.2) is 47.0 Å². The van der Waals surface area contributed by atoms with E-state index in [0.29, 0.717) is 18.7 Å². The predicted molar refractivity (Wildman–Crippen MR) is 81.0 cm³/mol. The molecular formula is C15H17N5O. The summed E-state index contributed by atoms with van der Waals surface area (Å²) in [5, 5.41) is 0. The molecule has 21 heavy (non-hydrogen) atoms. The van der Waals surface area contributed by atoms with E-state index in [1.165, 1.54) is 6.33 Å². The minimum atomic E-state index is -0.00689. The number of carbonyl (C=O) groups excluding carboxylic acids is 1. The lowest BCUT2D eigenvalue weighted by molar-refractivity contribution is 0.0746. The maximum Gasteiger partial charge on any atom is 0.257 e. The fourth-order valence-corrected chi connectivity index (χ4v) is 2.44. The van der Waals surface area contributed by atoms with E-state index >= 15 is 0 Å². The van der Waals surface area contributed by atoms with Crippen molar-refractivity contribution in [2.24, 2.45) is 0 Å². The Kier molecular flexibility index (Phi) is 3.68. The monoisotopic (exact) mass is 283 g/mol. The number of amides is 1. The summed E-state index contributed by atoms with van der Waals surface area (Å²) < 4.78 is 0. The minimum absolute atomic E-state index is 0.00689. The number of nitrogen functional groups attached to an aromatic ring is 1. The van der Waals surface area contributed by atoms with Crippen LogP contribution < -0.4 is 10.6 Å². The molecule has 2 aromatic rings. The highest BCUT2D eigenvalue weighted by atomic mass is 16.2. The molecule has 0 spiro atoms. The molecular weight excluding hydrogens is 266 g/mol. The van der Waals surface area contributed by atoms with E-state index in [4.69, 9.17) is 5.73 Å². The number of rotatable bonds is 2. The molecule has 1 fully saturated rings. The molecule has 0 atom stereocenters. The molecule has 0 aliphatic carbocycles. The third kappa shape index (κ3) is 2.94. The Morgan fingerprint density at radius 2 is 1.62 bits per heavy atom. The number of anilines is 2. The van der Waals surface area contributed by atoms with Crippen LogP contribution in [-0.2, 0) is 0 Å². The van der Waals surface area contributed by atoms with Crippen LogP contribution in [0.25, 0.3) is 0 Å². The van der Waals surface area contributed by atoms with Crippen LogP contribution in [0, 0.1) is 0 Å². The molecule has 0 bridgehead atoms. The Morgan fingerprint density at radius 3 is 2.24 bits per heavy atom. The van der Waals surface area contributed by atoms with Crippen molar-refractivity contribution in [1.29, 1.82) is 0 Å². The fraction of sp³-hybridized carbons (Fsp3) is 0.267. The molecule has 0 radical (unpaired) electrons. The molecule has 1 aromatic heterocycles. The fourth-order valence-electron chi connectivity index (χ4n) is 2.44. The minimum Gasteiger partial charge on any atom is -0.399 e. The van der Waals surface area contributed by atoms with Crippen molar-refractivity contribution in [3.8, 4) is 0 Å². The highest BCUT2D eigenvalue weighted by molar-refractivity contribution is 5.93. The molecule has 6 heteroatoms. The third-order valence-corrected chi connectivity index (χ3v) is 3.63. The Labute approximate surface area is 123 Å². The van der Waals surface area contributed by atoms with Crippen LogP contribution in [0.5, 0.6) is 0 Å². The summed E-state index contributed by atoms with van der Waals surface area (Å²) in [5.74, 6) is -0.00689. The summed E-state index contributed by atoms with van der Waals surface area (Å²) in [6, 6.07) is 7.82. The van der Waals surface area contributed by atoms with Crippen LogP contribution in [0.15, 0.2) is 43.0 Å². The molecule has 0 unspecified atom stereocenters. The number of nitrogens with two attached hydrogens (primary N) is 1. The van der Waals surface area contributed by atoms with Crippen LogP contribution in [0.4, 0.5) is 11.4 Å². The quantitative estimate of drug-likeness (QED) is 0.833. The number of aromatic nitrogens is 2. The molecule has 3 rings (SSSR count). The second-order valence-corrected chi connectivity index (χ2v) is 5.00. The number of hydrogen-bond acceptors (Lipinski definition) is 5. The lowest BCUT2D eigenvalue weighted by Gasteiger charge is -2.36. The van der Waals surface area contributed by atoms with Gasteiger partial charge in [-0.2, -0.15) is 0 Å². The molecule has 2 N–H and O–H groups in total. The first-order valence-electron chi connectivity index (χ1n) is 6.89. The van der Waals surface area contributed by atoms with Gasteiger partial charge in [-0.25, -0.2) is 9.97 Å². The van der Waals surface area contributed by atoms with Crippen molar-refractivity contribution in [1.82, 2.24) is 14.9 Å². The first kappa shape index (κ1) is 13.4. The van der Waals surface area contributed by atoms with E-state index in [1.54, 1.807) is 12.4 Å². The van der Waals surface area contributed by atoms with E-state index in [2.05, 4.69) is 14.9 Å². The van der Waals surface area contributed by atoms with E-state index in [0.717, 1.165) is 24.5 Å². The number of carbonyl (C=O) groups is 1. The van der Waals surface area contributed by atoms with Gasteiger partial charge in [0.15, 0.2) is 0 Å². The Morgan fingerprint density at radius 1 is 1.00 bits per heavy atom. The molecule has 1 aromatic carbocycles. The van der Waals surface area contributed by atoms with Gasteiger partial charge in [0.25, 0.3) is 5.91 Å². The lowest BCUT2D eigenvalue weighted by atomic mass is 10.2. The second-order valence-electron chi connectivity index (χ2n) is 5.00. The van der Waals surface area contributed by atoms with Crippen molar-refractivity contribution in [3.05, 3.63) is 48.5 Å². The second kappa shape index (κ2) is 5.78. The summed E-state index contributed by atoms with van der Waals surface area (Å²) >= 11 is 0. The number of nitrogens with zero attached hydrogens (tertiary/aromatic N) is 4. The van der Waals surface area contributed by atoms with Gasteiger partial charge in [-0.1, -0.05) is 0 Å². The van der Waals surface area contributed by atoms with Crippen molar-refractivity contribution in [3.63, 3.8) is 0 Å². The van der Waals surface area contributed by atoms with E-state index < -0.39 is 0 Å². The maximum absolute atomic E-state index is 12.3. The summed E-state index contributed by atoms with van der Waals surface area (Å²) in [5.41, 5.74) is 8.14. The first-order chi connectivity index (χ1) is 10.2.